The molecule has 1 amide bonds. The van der Waals surface area contributed by atoms with Gasteiger partial charge in [0, 0.05) is 34.2 Å². The van der Waals surface area contributed by atoms with Crippen molar-refractivity contribution in [3.8, 4) is 5.75 Å². The molecule has 4 nitrogen and oxygen atoms in total. The highest BCUT2D eigenvalue weighted by atomic mass is 35.5. The number of halogens is 1. The van der Waals surface area contributed by atoms with Gasteiger partial charge in [-0.3, -0.25) is 4.79 Å². The first-order valence-electron chi connectivity index (χ1n) is 8.13. The maximum absolute atomic E-state index is 13.1. The summed E-state index contributed by atoms with van der Waals surface area (Å²) in [7, 11) is 1.60. The van der Waals surface area contributed by atoms with Crippen LogP contribution in [0.2, 0.25) is 5.02 Å². The minimum absolute atomic E-state index is 0.106. The van der Waals surface area contributed by atoms with Crippen LogP contribution in [0.15, 0.2) is 42.5 Å². The maximum atomic E-state index is 13.1. The zero-order chi connectivity index (χ0) is 18.2. The van der Waals surface area contributed by atoms with Crippen LogP contribution in [0.25, 0.3) is 0 Å². The second-order valence-corrected chi connectivity index (χ2v) is 6.97. The molecule has 0 aromatic heterocycles. The smallest absolute Gasteiger partial charge is 0.258 e. The summed E-state index contributed by atoms with van der Waals surface area (Å²) in [4.78, 5) is 26.2. The average molecular weight is 358 g/mol. The highest BCUT2D eigenvalue weighted by Crippen LogP contribution is 2.48. The average Bonchev–Trinajstić information content (AvgIpc) is 2.83. The number of carbonyl (C=O) groups is 2. The number of rotatable bonds is 4. The number of fused-ring (bicyclic) bond motifs is 1. The lowest BCUT2D eigenvalue weighted by molar-refractivity contribution is -0.108. The number of hydrogen-bond acceptors (Lipinski definition) is 3. The molecule has 2 aromatic rings. The maximum Gasteiger partial charge on any atom is 0.258 e. The molecular formula is C20H20ClNO3. The Bertz CT molecular complexity index is 818. The summed E-state index contributed by atoms with van der Waals surface area (Å²) in [6.45, 7) is 3.99. The number of nitrogens with zero attached hydrogens (tertiary/aromatic N) is 1. The molecule has 0 fully saturated rings. The predicted molar refractivity (Wildman–Crippen MR) is 98.8 cm³/mol. The summed E-state index contributed by atoms with van der Waals surface area (Å²) in [6, 6.07) is 12.3. The van der Waals surface area contributed by atoms with Gasteiger partial charge in [-0.15, -0.1) is 0 Å². The van der Waals surface area contributed by atoms with E-state index in [1.807, 2.05) is 32.0 Å². The number of methoxy groups -OCH3 is 1. The van der Waals surface area contributed by atoms with Gasteiger partial charge in [-0.2, -0.15) is 0 Å². The van der Waals surface area contributed by atoms with E-state index in [1.54, 1.807) is 36.3 Å². The molecule has 2 atom stereocenters. The third-order valence-corrected chi connectivity index (χ3v) is 5.46. The minimum Gasteiger partial charge on any atom is -0.497 e. The fourth-order valence-corrected chi connectivity index (χ4v) is 3.62. The van der Waals surface area contributed by atoms with Crippen molar-refractivity contribution in [3.63, 3.8) is 0 Å². The number of aldehydes is 1. The molecule has 2 aromatic carbocycles. The standard InChI is InChI=1S/C20H20ClNO3/c1-13-20(2,10-11-23)17-12-16(25-3)8-9-18(17)22(13)19(24)14-4-6-15(21)7-5-14/h4-9,11-13H,10H2,1-3H3. The van der Waals surface area contributed by atoms with Crippen molar-refractivity contribution in [2.24, 2.45) is 0 Å². The molecule has 5 heteroatoms. The summed E-state index contributed by atoms with van der Waals surface area (Å²) >= 11 is 5.93. The van der Waals surface area contributed by atoms with Gasteiger partial charge in [-0.05, 0) is 55.0 Å². The number of amides is 1. The Morgan fingerprint density at radius 1 is 1.28 bits per heavy atom. The van der Waals surface area contributed by atoms with E-state index in [-0.39, 0.29) is 11.9 Å². The van der Waals surface area contributed by atoms with Crippen LogP contribution in [0.4, 0.5) is 5.69 Å². The number of ether oxygens (including phenoxy) is 1. The molecule has 0 saturated carbocycles. The Labute approximate surface area is 152 Å². The monoisotopic (exact) mass is 357 g/mol. The molecule has 1 heterocycles. The van der Waals surface area contributed by atoms with E-state index in [9.17, 15) is 9.59 Å². The fourth-order valence-electron chi connectivity index (χ4n) is 3.50. The topological polar surface area (TPSA) is 46.6 Å². The van der Waals surface area contributed by atoms with Crippen molar-refractivity contribution in [3.05, 3.63) is 58.6 Å². The van der Waals surface area contributed by atoms with Gasteiger partial charge in [0.05, 0.1) is 7.11 Å². The summed E-state index contributed by atoms with van der Waals surface area (Å²) in [5.41, 5.74) is 1.87. The molecule has 0 spiro atoms. The van der Waals surface area contributed by atoms with Crippen LogP contribution in [0.1, 0.15) is 36.2 Å². The molecule has 2 unspecified atom stereocenters. The molecule has 0 saturated heterocycles. The van der Waals surface area contributed by atoms with Crippen LogP contribution < -0.4 is 9.64 Å². The van der Waals surface area contributed by atoms with Crippen LogP contribution in [0.3, 0.4) is 0 Å². The van der Waals surface area contributed by atoms with E-state index in [4.69, 9.17) is 16.3 Å². The second-order valence-electron chi connectivity index (χ2n) is 6.53. The van der Waals surface area contributed by atoms with Crippen molar-refractivity contribution < 1.29 is 14.3 Å². The zero-order valence-corrected chi connectivity index (χ0v) is 15.2. The fraction of sp³-hybridized carbons (Fsp3) is 0.300. The van der Waals surface area contributed by atoms with E-state index in [2.05, 4.69) is 0 Å². The first-order chi connectivity index (χ1) is 11.9. The summed E-state index contributed by atoms with van der Waals surface area (Å²) in [6.07, 6.45) is 1.24. The summed E-state index contributed by atoms with van der Waals surface area (Å²) in [5, 5.41) is 0.585. The van der Waals surface area contributed by atoms with Gasteiger partial charge in [0.15, 0.2) is 0 Å². The van der Waals surface area contributed by atoms with Gasteiger partial charge < -0.3 is 14.4 Å². The molecule has 25 heavy (non-hydrogen) atoms. The first kappa shape index (κ1) is 17.5. The van der Waals surface area contributed by atoms with Gasteiger partial charge >= 0.3 is 0 Å². The van der Waals surface area contributed by atoms with E-state index in [0.717, 1.165) is 17.5 Å². The molecule has 0 radical (unpaired) electrons. The Hall–Kier alpha value is -2.33. The van der Waals surface area contributed by atoms with Crippen molar-refractivity contribution in [1.29, 1.82) is 0 Å². The van der Waals surface area contributed by atoms with Crippen molar-refractivity contribution in [2.45, 2.75) is 31.7 Å². The van der Waals surface area contributed by atoms with Crippen LogP contribution in [0.5, 0.6) is 5.75 Å². The Morgan fingerprint density at radius 2 is 1.96 bits per heavy atom. The highest BCUT2D eigenvalue weighted by Gasteiger charge is 2.47. The van der Waals surface area contributed by atoms with E-state index >= 15 is 0 Å². The molecule has 1 aliphatic rings. The highest BCUT2D eigenvalue weighted by molar-refractivity contribution is 6.30. The normalized spacial score (nSPS) is 21.8. The lowest BCUT2D eigenvalue weighted by atomic mass is 9.76. The first-order valence-corrected chi connectivity index (χ1v) is 8.51. The molecule has 130 valence electrons. The van der Waals surface area contributed by atoms with E-state index < -0.39 is 5.41 Å². The zero-order valence-electron chi connectivity index (χ0n) is 14.5. The molecular weight excluding hydrogens is 338 g/mol. The third kappa shape index (κ3) is 2.81. The Morgan fingerprint density at radius 3 is 2.56 bits per heavy atom. The van der Waals surface area contributed by atoms with Gasteiger partial charge in [0.2, 0.25) is 0 Å². The van der Waals surface area contributed by atoms with Crippen molar-refractivity contribution >= 4 is 29.5 Å². The van der Waals surface area contributed by atoms with Crippen LogP contribution in [-0.4, -0.2) is 25.3 Å². The number of benzene rings is 2. The second kappa shape index (κ2) is 6.52. The lowest BCUT2D eigenvalue weighted by Crippen LogP contribution is -2.44. The van der Waals surface area contributed by atoms with Crippen molar-refractivity contribution in [2.75, 3.05) is 12.0 Å². The van der Waals surface area contributed by atoms with Gasteiger partial charge in [-0.25, -0.2) is 0 Å². The largest absolute Gasteiger partial charge is 0.497 e. The number of carbonyl (C=O) groups excluding carboxylic acids is 2. The molecule has 1 aliphatic heterocycles. The predicted octanol–water partition coefficient (Wildman–Crippen LogP) is 4.24. The molecule has 0 aliphatic carbocycles. The van der Waals surface area contributed by atoms with Gasteiger partial charge in [0.1, 0.15) is 12.0 Å². The molecule has 0 N–H and O–H groups in total. The molecule has 3 rings (SSSR count). The molecule has 0 bridgehead atoms. The quantitative estimate of drug-likeness (QED) is 0.769. The van der Waals surface area contributed by atoms with Gasteiger partial charge in [0.25, 0.3) is 5.91 Å². The lowest BCUT2D eigenvalue weighted by Gasteiger charge is -2.32. The van der Waals surface area contributed by atoms with Crippen molar-refractivity contribution in [1.82, 2.24) is 0 Å². The summed E-state index contributed by atoms with van der Waals surface area (Å²) in [5.74, 6) is 0.606. The van der Waals surface area contributed by atoms with Gasteiger partial charge in [-0.1, -0.05) is 18.5 Å². The Balaban J connectivity index is 2.11. The number of hydrogen-bond donors (Lipinski definition) is 0. The van der Waals surface area contributed by atoms with Crippen LogP contribution >= 0.6 is 11.6 Å². The Kier molecular flexibility index (Phi) is 4.56. The SMILES string of the molecule is COc1ccc2c(c1)C(C)(CC=O)C(C)N2C(=O)c1ccc(Cl)cc1. The van der Waals surface area contributed by atoms with E-state index in [1.165, 1.54) is 0 Å². The van der Waals surface area contributed by atoms with E-state index in [0.29, 0.717) is 22.8 Å². The minimum atomic E-state index is -0.465. The van der Waals surface area contributed by atoms with Crippen LogP contribution in [-0.2, 0) is 10.2 Å². The summed E-state index contributed by atoms with van der Waals surface area (Å²) < 4.78 is 5.33. The number of anilines is 1. The third-order valence-electron chi connectivity index (χ3n) is 5.21. The van der Waals surface area contributed by atoms with Crippen LogP contribution in [0, 0.1) is 0 Å².